The predicted molar refractivity (Wildman–Crippen MR) is 320 cm³/mol. The number of carbonyl (C=O) groups excluding carboxylic acids is 4. The number of ether oxygens (including phenoxy) is 4. The zero-order valence-electron chi connectivity index (χ0n) is 41.0. The fourth-order valence-electron chi connectivity index (χ4n) is 10.5. The first kappa shape index (κ1) is 51.0. The molecule has 0 bridgehead atoms. The van der Waals surface area contributed by atoms with E-state index in [1.165, 1.54) is 22.7 Å². The molecule has 4 aliphatic carbocycles. The Hall–Kier alpha value is -7.82. The van der Waals surface area contributed by atoms with Crippen molar-refractivity contribution in [2.45, 2.75) is 31.8 Å². The van der Waals surface area contributed by atoms with Gasteiger partial charge in [-0.15, -0.1) is 22.7 Å². The van der Waals surface area contributed by atoms with Gasteiger partial charge in [-0.2, -0.15) is 0 Å². The summed E-state index contributed by atoms with van der Waals surface area (Å²) in [5.41, 5.74) is 1.98. The second-order valence-corrected chi connectivity index (χ2v) is 22.6. The second kappa shape index (κ2) is 20.9. The van der Waals surface area contributed by atoms with Crippen molar-refractivity contribution in [3.05, 3.63) is 270 Å². The first-order valence-electron chi connectivity index (χ1n) is 24.7. The van der Waals surface area contributed by atoms with Crippen LogP contribution in [0, 0.1) is 5.41 Å². The van der Waals surface area contributed by atoms with Crippen molar-refractivity contribution in [1.29, 1.82) is 0 Å². The van der Waals surface area contributed by atoms with Crippen LogP contribution in [-0.4, -0.2) is 43.3 Å². The maximum atomic E-state index is 16.1. The fourth-order valence-corrected chi connectivity index (χ4v) is 14.8. The molecule has 0 amide bonds. The number of hydrogen-bond acceptors (Lipinski definition) is 14. The lowest BCUT2D eigenvalue weighted by Gasteiger charge is -2.30. The van der Waals surface area contributed by atoms with E-state index < -0.39 is 34.7 Å². The molecule has 12 rings (SSSR count). The highest BCUT2D eigenvalue weighted by Crippen LogP contribution is 2.66. The van der Waals surface area contributed by atoms with Gasteiger partial charge in [0, 0.05) is 59.0 Å². The molecular formula is C64H40O8S6. The predicted octanol–water partition coefficient (Wildman–Crippen LogP) is 13.5. The molecule has 2 heterocycles. The third-order valence-corrected chi connectivity index (χ3v) is 18.4. The monoisotopic (exact) mass is 1130 g/mol. The van der Waals surface area contributed by atoms with Crippen molar-refractivity contribution < 1.29 is 38.1 Å². The van der Waals surface area contributed by atoms with Crippen LogP contribution in [0.25, 0.3) is 21.0 Å². The maximum Gasteiger partial charge on any atom is 0.333 e. The summed E-state index contributed by atoms with van der Waals surface area (Å²) in [6.45, 7) is -0.964. The van der Waals surface area contributed by atoms with Crippen LogP contribution in [-0.2, 0) is 70.0 Å². The minimum Gasteiger partial charge on any atom is -0.459 e. The molecule has 14 heteroatoms. The standard InChI is InChI=1S/C64H40O8S6/c65-59(69-33-37-17-5-1-6-18-37)63(60(66)70-34-38-19-7-2-8-20-38)41(29-47-53(73)43-25-13-14-26-44(43)54(47)74)30-49-51(63)58-52(57-50(78-58)32-42(77-57)31-48-55(75)45-27-15-16-28-46(45)56(48)76)64(49,61(67)71-35-39-21-9-3-10-22-39)62(68)72-36-40-23-11-4-12-24-40/h1-32H,33-36H2. The smallest absolute Gasteiger partial charge is 0.333 e. The van der Waals surface area contributed by atoms with Crippen LogP contribution in [0.15, 0.2) is 210 Å². The molecule has 0 unspecified atom stereocenters. The number of benzene rings is 6. The summed E-state index contributed by atoms with van der Waals surface area (Å²) < 4.78 is 26.6. The number of fused-ring (bicyclic) bond motifs is 6. The molecule has 380 valence electrons. The maximum absolute atomic E-state index is 16.1. The van der Waals surface area contributed by atoms with E-state index in [1.807, 2.05) is 133 Å². The van der Waals surface area contributed by atoms with Crippen molar-refractivity contribution in [2.24, 2.45) is 5.41 Å². The van der Waals surface area contributed by atoms with Crippen molar-refractivity contribution in [1.82, 2.24) is 0 Å². The lowest BCUT2D eigenvalue weighted by atomic mass is 9.75. The van der Waals surface area contributed by atoms with Crippen molar-refractivity contribution in [2.75, 3.05) is 0 Å². The topological polar surface area (TPSA) is 105 Å². The van der Waals surface area contributed by atoms with Crippen LogP contribution >= 0.6 is 71.5 Å². The van der Waals surface area contributed by atoms with Gasteiger partial charge < -0.3 is 18.9 Å². The summed E-state index contributed by atoms with van der Waals surface area (Å²) in [5.74, 6) is -4.03. The molecule has 4 aliphatic rings. The van der Waals surface area contributed by atoms with Gasteiger partial charge in [-0.05, 0) is 51.6 Å². The second-order valence-electron chi connectivity index (χ2n) is 18.8. The number of rotatable bonds is 14. The van der Waals surface area contributed by atoms with Crippen molar-refractivity contribution >= 4 is 136 Å². The molecule has 0 N–H and O–H groups in total. The summed E-state index contributed by atoms with van der Waals surface area (Å²) in [6, 6.07) is 53.4. The van der Waals surface area contributed by atoms with Gasteiger partial charge in [0.2, 0.25) is 10.8 Å². The van der Waals surface area contributed by atoms with Crippen LogP contribution in [0.3, 0.4) is 0 Å². The summed E-state index contributed by atoms with van der Waals surface area (Å²) in [6.07, 6.45) is 5.08. The molecular weight excluding hydrogens is 1090 g/mol. The van der Waals surface area contributed by atoms with Crippen molar-refractivity contribution in [3.63, 3.8) is 0 Å². The van der Waals surface area contributed by atoms with E-state index in [1.54, 1.807) is 60.7 Å². The van der Waals surface area contributed by atoms with Gasteiger partial charge in [0.25, 0.3) is 0 Å². The van der Waals surface area contributed by atoms with Gasteiger partial charge in [0.05, 0.1) is 24.2 Å². The Bertz CT molecular complexity index is 3830. The number of thiophene rings is 2. The van der Waals surface area contributed by atoms with Gasteiger partial charge >= 0.3 is 23.9 Å². The highest BCUT2D eigenvalue weighted by Gasteiger charge is 2.70. The fraction of sp³-hybridized carbons (Fsp3) is 0.0938. The van der Waals surface area contributed by atoms with Crippen LogP contribution in [0.2, 0.25) is 0 Å². The first-order valence-corrected chi connectivity index (χ1v) is 28.0. The van der Waals surface area contributed by atoms with E-state index in [0.717, 1.165) is 16.0 Å². The van der Waals surface area contributed by atoms with E-state index in [-0.39, 0.29) is 53.6 Å². The Morgan fingerprint density at radius 2 is 0.782 bits per heavy atom. The number of hydrogen-bond donors (Lipinski definition) is 0. The molecule has 0 saturated heterocycles. The quantitative estimate of drug-likeness (QED) is 0.0340. The summed E-state index contributed by atoms with van der Waals surface area (Å²) >= 11 is 26.8. The Balaban J connectivity index is 1.12. The molecule has 0 spiro atoms. The highest BCUT2D eigenvalue weighted by atomic mass is 32.1. The SMILES string of the molecule is O=C(OCc1ccccc1)C1(C(=O)OCc2ccccc2)C(C=C2C(=S)c3ccccc3C2=S)=CC2=C1c1sc3cc(C=C4C(=S)c5ccccc5C4=S)sc3c1C2(C(=O)OCc1ccccc1)C(=O)OCc1ccccc1. The number of allylic oxidation sites excluding steroid dienone is 4. The van der Waals surface area contributed by atoms with Gasteiger partial charge in [-0.3, -0.25) is 19.2 Å². The summed E-state index contributed by atoms with van der Waals surface area (Å²) in [5, 5.41) is 0. The molecule has 0 fully saturated rings. The molecule has 0 atom stereocenters. The summed E-state index contributed by atoms with van der Waals surface area (Å²) in [4.78, 5) is 67.4. The highest BCUT2D eigenvalue weighted by molar-refractivity contribution is 7.84. The van der Waals surface area contributed by atoms with Gasteiger partial charge in [-0.1, -0.05) is 225 Å². The minimum atomic E-state index is -2.52. The number of carbonyl (C=O) groups is 4. The number of thiocarbonyl (C=S) groups is 4. The van der Waals surface area contributed by atoms with Crippen molar-refractivity contribution in [3.8, 4) is 0 Å². The molecule has 8 aromatic rings. The summed E-state index contributed by atoms with van der Waals surface area (Å²) in [7, 11) is 0. The number of esters is 4. The average molecular weight is 1130 g/mol. The van der Waals surface area contributed by atoms with Gasteiger partial charge in [0.15, 0.2) is 0 Å². The van der Waals surface area contributed by atoms with E-state index >= 15 is 19.2 Å². The lowest BCUT2D eigenvalue weighted by Crippen LogP contribution is -2.46. The molecule has 0 saturated carbocycles. The first-order chi connectivity index (χ1) is 38.0. The van der Waals surface area contributed by atoms with Crippen LogP contribution in [0.4, 0.5) is 0 Å². The van der Waals surface area contributed by atoms with E-state index in [2.05, 4.69) is 0 Å². The molecule has 6 aromatic carbocycles. The zero-order chi connectivity index (χ0) is 53.7. The molecule has 78 heavy (non-hydrogen) atoms. The Labute approximate surface area is 478 Å². The zero-order valence-corrected chi connectivity index (χ0v) is 45.9. The molecule has 8 nitrogen and oxygen atoms in total. The Kier molecular flexibility index (Phi) is 13.6. The third kappa shape index (κ3) is 8.51. The van der Waals surface area contributed by atoms with Gasteiger partial charge in [0.1, 0.15) is 26.4 Å². The molecule has 0 radical (unpaired) electrons. The normalized spacial score (nSPS) is 15.4. The Morgan fingerprint density at radius 3 is 1.17 bits per heavy atom. The largest absolute Gasteiger partial charge is 0.459 e. The van der Waals surface area contributed by atoms with E-state index in [0.29, 0.717) is 73.4 Å². The lowest BCUT2D eigenvalue weighted by molar-refractivity contribution is -0.167. The van der Waals surface area contributed by atoms with Crippen LogP contribution < -0.4 is 0 Å². The average Bonchev–Trinajstić information content (AvgIpc) is 3.98. The van der Waals surface area contributed by atoms with Crippen LogP contribution in [0.5, 0.6) is 0 Å². The van der Waals surface area contributed by atoms with E-state index in [4.69, 9.17) is 67.8 Å². The van der Waals surface area contributed by atoms with Gasteiger partial charge in [-0.25, -0.2) is 0 Å². The molecule has 0 aliphatic heterocycles. The minimum absolute atomic E-state index is 0.0166. The van der Waals surface area contributed by atoms with Crippen LogP contribution in [0.1, 0.15) is 59.8 Å². The Morgan fingerprint density at radius 1 is 0.436 bits per heavy atom. The molecule has 2 aromatic heterocycles. The third-order valence-electron chi connectivity index (χ3n) is 14.2. The van der Waals surface area contributed by atoms with E-state index in [9.17, 15) is 0 Å².